The summed E-state index contributed by atoms with van der Waals surface area (Å²) in [7, 11) is 3.13. The smallest absolute Gasteiger partial charge is 0.168 e. The van der Waals surface area contributed by atoms with Crippen LogP contribution in [0.3, 0.4) is 0 Å². The highest BCUT2D eigenvalue weighted by atomic mass is 16.5. The number of hydrogen-bond acceptors (Lipinski definition) is 4. The highest BCUT2D eigenvalue weighted by molar-refractivity contribution is 5.99. The summed E-state index contributed by atoms with van der Waals surface area (Å²) in [6.07, 6.45) is 0.308. The van der Waals surface area contributed by atoms with Gasteiger partial charge < -0.3 is 15.2 Å². The van der Waals surface area contributed by atoms with E-state index in [1.165, 1.54) is 0 Å². The molecule has 0 radical (unpaired) electrons. The second-order valence-corrected chi connectivity index (χ2v) is 4.08. The highest BCUT2D eigenvalue weighted by Crippen LogP contribution is 2.31. The number of carbonyl (C=O) groups excluding carboxylic acids is 1. The first-order valence-corrected chi connectivity index (χ1v) is 5.51. The Morgan fingerprint density at radius 3 is 2.47 bits per heavy atom. The van der Waals surface area contributed by atoms with Crippen LogP contribution in [-0.4, -0.2) is 26.0 Å². The van der Waals surface area contributed by atoms with Gasteiger partial charge in [-0.25, -0.2) is 0 Å². The molecular formula is C13H19NO3. The lowest BCUT2D eigenvalue weighted by atomic mass is 10.0. The van der Waals surface area contributed by atoms with Gasteiger partial charge in [0.25, 0.3) is 0 Å². The van der Waals surface area contributed by atoms with Gasteiger partial charge in [-0.2, -0.15) is 0 Å². The summed E-state index contributed by atoms with van der Waals surface area (Å²) >= 11 is 0. The maximum absolute atomic E-state index is 12.0. The second-order valence-electron chi connectivity index (χ2n) is 4.08. The topological polar surface area (TPSA) is 61.5 Å². The van der Waals surface area contributed by atoms with Gasteiger partial charge in [0.1, 0.15) is 11.5 Å². The quantitative estimate of drug-likeness (QED) is 0.795. The summed E-state index contributed by atoms with van der Waals surface area (Å²) in [6.45, 7) is 3.67. The minimum Gasteiger partial charge on any atom is -0.496 e. The van der Waals surface area contributed by atoms with Gasteiger partial charge >= 0.3 is 0 Å². The van der Waals surface area contributed by atoms with Crippen LogP contribution >= 0.6 is 0 Å². The molecule has 0 aliphatic carbocycles. The SMILES string of the molecule is COc1ccc(C(=O)CC(C)N)c(OC)c1C. The molecule has 0 aliphatic rings. The molecule has 0 heterocycles. The average Bonchev–Trinajstić information content (AvgIpc) is 2.27. The fraction of sp³-hybridized carbons (Fsp3) is 0.462. The van der Waals surface area contributed by atoms with E-state index >= 15 is 0 Å². The molecule has 0 amide bonds. The Labute approximate surface area is 102 Å². The third kappa shape index (κ3) is 2.97. The van der Waals surface area contributed by atoms with Crippen LogP contribution < -0.4 is 15.2 Å². The van der Waals surface area contributed by atoms with Gasteiger partial charge in [-0.15, -0.1) is 0 Å². The third-order valence-electron chi connectivity index (χ3n) is 2.59. The molecule has 4 nitrogen and oxygen atoms in total. The maximum Gasteiger partial charge on any atom is 0.168 e. The van der Waals surface area contributed by atoms with E-state index in [9.17, 15) is 4.79 Å². The molecule has 0 fully saturated rings. The van der Waals surface area contributed by atoms with Crippen LogP contribution in [0.1, 0.15) is 29.3 Å². The maximum atomic E-state index is 12.0. The molecule has 0 saturated carbocycles. The summed E-state index contributed by atoms with van der Waals surface area (Å²) in [5.41, 5.74) is 7.01. The number of rotatable bonds is 5. The lowest BCUT2D eigenvalue weighted by Crippen LogP contribution is -2.20. The summed E-state index contributed by atoms with van der Waals surface area (Å²) in [6, 6.07) is 3.33. The largest absolute Gasteiger partial charge is 0.496 e. The molecule has 1 rings (SSSR count). The molecule has 0 bridgehead atoms. The predicted molar refractivity (Wildman–Crippen MR) is 66.9 cm³/mol. The molecule has 0 spiro atoms. The Morgan fingerprint density at radius 2 is 2.00 bits per heavy atom. The van der Waals surface area contributed by atoms with Gasteiger partial charge in [0.15, 0.2) is 5.78 Å². The first-order chi connectivity index (χ1) is 8.01. The third-order valence-corrected chi connectivity index (χ3v) is 2.59. The van der Waals surface area contributed by atoms with Crippen molar-refractivity contribution in [1.29, 1.82) is 0 Å². The molecular weight excluding hydrogens is 218 g/mol. The number of hydrogen-bond donors (Lipinski definition) is 1. The Balaban J connectivity index is 3.16. The molecule has 94 valence electrons. The van der Waals surface area contributed by atoms with Crippen LogP contribution in [0.15, 0.2) is 12.1 Å². The van der Waals surface area contributed by atoms with Crippen molar-refractivity contribution in [3.05, 3.63) is 23.3 Å². The molecule has 1 aromatic rings. The molecule has 1 unspecified atom stereocenters. The molecule has 1 atom stereocenters. The Bertz CT molecular complexity index is 413. The van der Waals surface area contributed by atoms with Crippen molar-refractivity contribution in [2.45, 2.75) is 26.3 Å². The van der Waals surface area contributed by atoms with E-state index in [-0.39, 0.29) is 11.8 Å². The van der Waals surface area contributed by atoms with E-state index in [1.807, 2.05) is 6.92 Å². The van der Waals surface area contributed by atoms with Gasteiger partial charge in [-0.3, -0.25) is 4.79 Å². The van der Waals surface area contributed by atoms with Crippen LogP contribution in [0.4, 0.5) is 0 Å². The summed E-state index contributed by atoms with van der Waals surface area (Å²) in [4.78, 5) is 12.0. The number of ether oxygens (including phenoxy) is 2. The predicted octanol–water partition coefficient (Wildman–Crippen LogP) is 1.93. The summed E-state index contributed by atoms with van der Waals surface area (Å²) in [5, 5.41) is 0. The van der Waals surface area contributed by atoms with E-state index in [2.05, 4.69) is 0 Å². The number of carbonyl (C=O) groups is 1. The van der Waals surface area contributed by atoms with Gasteiger partial charge in [-0.05, 0) is 26.0 Å². The lowest BCUT2D eigenvalue weighted by molar-refractivity contribution is 0.0973. The van der Waals surface area contributed by atoms with Crippen molar-refractivity contribution in [1.82, 2.24) is 0 Å². The summed E-state index contributed by atoms with van der Waals surface area (Å²) in [5.74, 6) is 1.26. The fourth-order valence-corrected chi connectivity index (χ4v) is 1.78. The van der Waals surface area contributed by atoms with E-state index < -0.39 is 0 Å². The minimum absolute atomic E-state index is 0.0115. The van der Waals surface area contributed by atoms with Crippen LogP contribution in [0, 0.1) is 6.92 Å². The zero-order valence-corrected chi connectivity index (χ0v) is 10.7. The number of methoxy groups -OCH3 is 2. The summed E-state index contributed by atoms with van der Waals surface area (Å²) < 4.78 is 10.5. The van der Waals surface area contributed by atoms with Gasteiger partial charge in [-0.1, -0.05) is 0 Å². The first kappa shape index (κ1) is 13.5. The zero-order valence-electron chi connectivity index (χ0n) is 10.7. The van der Waals surface area contributed by atoms with Crippen molar-refractivity contribution in [2.75, 3.05) is 14.2 Å². The minimum atomic E-state index is -0.158. The Hall–Kier alpha value is -1.55. The second kappa shape index (κ2) is 5.68. The van der Waals surface area contributed by atoms with Crippen molar-refractivity contribution in [3.8, 4) is 11.5 Å². The van der Waals surface area contributed by atoms with Crippen molar-refractivity contribution >= 4 is 5.78 Å². The van der Waals surface area contributed by atoms with Gasteiger partial charge in [0, 0.05) is 18.0 Å². The van der Waals surface area contributed by atoms with Crippen LogP contribution in [0.25, 0.3) is 0 Å². The van der Waals surface area contributed by atoms with Gasteiger partial charge in [0.2, 0.25) is 0 Å². The van der Waals surface area contributed by atoms with Crippen molar-refractivity contribution < 1.29 is 14.3 Å². The van der Waals surface area contributed by atoms with E-state index in [0.717, 1.165) is 5.56 Å². The molecule has 17 heavy (non-hydrogen) atoms. The fourth-order valence-electron chi connectivity index (χ4n) is 1.78. The normalized spacial score (nSPS) is 12.1. The highest BCUT2D eigenvalue weighted by Gasteiger charge is 2.17. The Morgan fingerprint density at radius 1 is 1.35 bits per heavy atom. The molecule has 1 aromatic carbocycles. The molecule has 0 aromatic heterocycles. The standard InChI is InChI=1S/C13H19NO3/c1-8(14)7-11(15)10-5-6-12(16-3)9(2)13(10)17-4/h5-6,8H,7,14H2,1-4H3. The number of benzene rings is 1. The average molecular weight is 237 g/mol. The Kier molecular flexibility index (Phi) is 4.52. The van der Waals surface area contributed by atoms with Crippen molar-refractivity contribution in [2.24, 2.45) is 5.73 Å². The van der Waals surface area contributed by atoms with Crippen LogP contribution in [0.5, 0.6) is 11.5 Å². The number of ketones is 1. The monoisotopic (exact) mass is 237 g/mol. The number of Topliss-reactive ketones (excluding diaryl/α,β-unsaturated/α-hetero) is 1. The molecule has 2 N–H and O–H groups in total. The number of nitrogens with two attached hydrogens (primary N) is 1. The van der Waals surface area contributed by atoms with E-state index in [1.54, 1.807) is 33.3 Å². The van der Waals surface area contributed by atoms with E-state index in [4.69, 9.17) is 15.2 Å². The lowest BCUT2D eigenvalue weighted by Gasteiger charge is -2.14. The molecule has 0 aliphatic heterocycles. The molecule has 0 saturated heterocycles. The van der Waals surface area contributed by atoms with Gasteiger partial charge in [0.05, 0.1) is 19.8 Å². The molecule has 4 heteroatoms. The van der Waals surface area contributed by atoms with Crippen LogP contribution in [-0.2, 0) is 0 Å². The first-order valence-electron chi connectivity index (χ1n) is 5.51. The van der Waals surface area contributed by atoms with E-state index in [0.29, 0.717) is 23.5 Å². The van der Waals surface area contributed by atoms with Crippen LogP contribution in [0.2, 0.25) is 0 Å². The zero-order chi connectivity index (χ0) is 13.0. The van der Waals surface area contributed by atoms with Crippen molar-refractivity contribution in [3.63, 3.8) is 0 Å².